The number of aromatic nitrogens is 6. The Labute approximate surface area is 255 Å². The average molecular weight is 600 g/mol. The van der Waals surface area contributed by atoms with E-state index >= 15 is 0 Å². The van der Waals surface area contributed by atoms with Crippen molar-refractivity contribution in [1.82, 2.24) is 35.3 Å². The van der Waals surface area contributed by atoms with Crippen LogP contribution in [0.2, 0.25) is 0 Å². The van der Waals surface area contributed by atoms with Crippen LogP contribution in [0.1, 0.15) is 17.0 Å². The monoisotopic (exact) mass is 599 g/mol. The van der Waals surface area contributed by atoms with Crippen molar-refractivity contribution in [3.63, 3.8) is 0 Å². The average Bonchev–Trinajstić information content (AvgIpc) is 3.86. The SMILES string of the molecule is COC(=O)[C@H](Cc1ccc(OC(=O)OCc2cn(C[C]3[CH][CH][CH][CH]3)nn2)cc1)NC(=O)OCc1cn(C[C]2[CH][CH][CH][CH]2)nn1. The maximum atomic E-state index is 12.4. The first kappa shape index (κ1) is 31.0. The molecule has 0 bridgehead atoms. The van der Waals surface area contributed by atoms with Gasteiger partial charge >= 0.3 is 18.2 Å². The number of ether oxygens (including phenoxy) is 4. The molecule has 1 amide bonds. The summed E-state index contributed by atoms with van der Waals surface area (Å²) in [5.41, 5.74) is 1.60. The highest BCUT2D eigenvalue weighted by molar-refractivity contribution is 5.81. The molecule has 2 aliphatic rings. The molecule has 1 aromatic carbocycles. The van der Waals surface area contributed by atoms with Gasteiger partial charge in [-0.25, -0.2) is 14.4 Å². The summed E-state index contributed by atoms with van der Waals surface area (Å²) in [7, 11) is 1.22. The van der Waals surface area contributed by atoms with E-state index in [0.29, 0.717) is 30.0 Å². The van der Waals surface area contributed by atoms with Crippen LogP contribution >= 0.6 is 0 Å². The van der Waals surface area contributed by atoms with Crippen LogP contribution in [-0.2, 0) is 51.7 Å². The third-order valence-corrected chi connectivity index (χ3v) is 6.36. The summed E-state index contributed by atoms with van der Waals surface area (Å²) in [5, 5.41) is 18.6. The standard InChI is InChI=1S/C30H29N7O7/c1-41-28(38)27(31-29(39)42-19-24-17-36(34-32-24)15-22-6-2-3-7-22)14-21-10-12-26(13-11-21)44-30(40)43-20-25-18-37(35-33-25)16-23-8-4-5-9-23/h2-13,17-18,27H,14-16,19-20H2,1H3,(H,31,39)/t27-/m0/s1. The van der Waals surface area contributed by atoms with Gasteiger partial charge in [-0.2, -0.15) is 0 Å². The summed E-state index contributed by atoms with van der Waals surface area (Å²) >= 11 is 0. The molecule has 0 spiro atoms. The second-order valence-corrected chi connectivity index (χ2v) is 9.69. The molecule has 1 atom stereocenters. The van der Waals surface area contributed by atoms with E-state index in [1.807, 2.05) is 51.4 Å². The van der Waals surface area contributed by atoms with E-state index in [9.17, 15) is 14.4 Å². The Morgan fingerprint density at radius 1 is 0.795 bits per heavy atom. The number of methoxy groups -OCH3 is 1. The summed E-state index contributed by atoms with van der Waals surface area (Å²) in [6.45, 7) is 0.871. The van der Waals surface area contributed by atoms with Crippen molar-refractivity contribution in [1.29, 1.82) is 0 Å². The Bertz CT molecular complexity index is 1380. The fourth-order valence-corrected chi connectivity index (χ4v) is 4.22. The van der Waals surface area contributed by atoms with Gasteiger partial charge in [0.2, 0.25) is 0 Å². The molecular weight excluding hydrogens is 570 g/mol. The number of nitrogens with one attached hydrogen (secondary N) is 1. The summed E-state index contributed by atoms with van der Waals surface area (Å²) in [5.74, 6) is 1.73. The molecule has 2 aromatic heterocycles. The molecule has 10 radical (unpaired) electrons. The molecule has 14 heteroatoms. The van der Waals surface area contributed by atoms with Crippen molar-refractivity contribution in [3.8, 4) is 5.75 Å². The predicted octanol–water partition coefficient (Wildman–Crippen LogP) is 2.41. The summed E-state index contributed by atoms with van der Waals surface area (Å²) in [4.78, 5) is 36.9. The zero-order valence-electron chi connectivity index (χ0n) is 23.7. The van der Waals surface area contributed by atoms with Gasteiger partial charge < -0.3 is 24.3 Å². The van der Waals surface area contributed by atoms with E-state index in [1.54, 1.807) is 33.9 Å². The fourth-order valence-electron chi connectivity index (χ4n) is 4.22. The van der Waals surface area contributed by atoms with Crippen LogP contribution in [0.3, 0.4) is 0 Å². The zero-order valence-corrected chi connectivity index (χ0v) is 23.7. The normalized spacial score (nSPS) is 16.0. The fraction of sp³-hybridized carbons (Fsp3) is 0.233. The lowest BCUT2D eigenvalue weighted by Gasteiger charge is -2.16. The lowest BCUT2D eigenvalue weighted by molar-refractivity contribution is -0.143. The van der Waals surface area contributed by atoms with Gasteiger partial charge in [-0.05, 0) is 69.1 Å². The number of rotatable bonds is 13. The first-order chi connectivity index (χ1) is 21.4. The van der Waals surface area contributed by atoms with Crippen LogP contribution in [0, 0.1) is 63.2 Å². The van der Waals surface area contributed by atoms with Crippen LogP contribution in [0.25, 0.3) is 0 Å². The number of carbonyl (C=O) groups is 3. The van der Waals surface area contributed by atoms with Crippen LogP contribution in [0.4, 0.5) is 9.59 Å². The van der Waals surface area contributed by atoms with Gasteiger partial charge in [0.05, 0.1) is 19.5 Å². The van der Waals surface area contributed by atoms with E-state index in [2.05, 4.69) is 25.9 Å². The van der Waals surface area contributed by atoms with Crippen LogP contribution in [-0.4, -0.2) is 61.4 Å². The Morgan fingerprint density at radius 3 is 1.89 bits per heavy atom. The number of esters is 1. The first-order valence-corrected chi connectivity index (χ1v) is 13.6. The second-order valence-electron chi connectivity index (χ2n) is 9.69. The van der Waals surface area contributed by atoms with Crippen molar-refractivity contribution in [2.75, 3.05) is 7.11 Å². The highest BCUT2D eigenvalue weighted by atomic mass is 16.7. The number of nitrogens with zero attached hydrogens (tertiary/aromatic N) is 6. The minimum Gasteiger partial charge on any atom is -0.467 e. The molecule has 2 aliphatic carbocycles. The molecule has 14 nitrogen and oxygen atoms in total. The predicted molar refractivity (Wildman–Crippen MR) is 151 cm³/mol. The third kappa shape index (κ3) is 9.25. The minimum absolute atomic E-state index is 0.0999. The van der Waals surface area contributed by atoms with E-state index in [-0.39, 0.29) is 25.4 Å². The number of alkyl carbamates (subject to hydrolysis) is 1. The van der Waals surface area contributed by atoms with Gasteiger partial charge in [-0.15, -0.1) is 10.2 Å². The maximum Gasteiger partial charge on any atom is 0.514 e. The van der Waals surface area contributed by atoms with E-state index in [0.717, 1.165) is 11.8 Å². The number of carbonyl (C=O) groups excluding carboxylic acids is 3. The molecule has 5 rings (SSSR count). The summed E-state index contributed by atoms with van der Waals surface area (Å²) in [6, 6.07) is 5.35. The summed E-state index contributed by atoms with van der Waals surface area (Å²) in [6.07, 6.45) is 17.4. The molecule has 0 saturated heterocycles. The molecule has 2 heterocycles. The Balaban J connectivity index is 1.04. The van der Waals surface area contributed by atoms with Crippen molar-refractivity contribution >= 4 is 18.2 Å². The second kappa shape index (κ2) is 15.3. The quantitative estimate of drug-likeness (QED) is 0.174. The van der Waals surface area contributed by atoms with Gasteiger partial charge in [-0.3, -0.25) is 9.36 Å². The minimum atomic E-state index is -1.02. The molecule has 0 unspecified atom stereocenters. The Hall–Kier alpha value is -4.49. The first-order valence-electron chi connectivity index (χ1n) is 13.6. The van der Waals surface area contributed by atoms with E-state index in [4.69, 9.17) is 18.9 Å². The number of hydrogen-bond donors (Lipinski definition) is 1. The molecule has 226 valence electrons. The van der Waals surface area contributed by atoms with Crippen LogP contribution in [0.15, 0.2) is 36.7 Å². The van der Waals surface area contributed by atoms with Gasteiger partial charge in [0, 0.05) is 31.3 Å². The van der Waals surface area contributed by atoms with Gasteiger partial charge in [0.25, 0.3) is 0 Å². The van der Waals surface area contributed by atoms with Crippen LogP contribution < -0.4 is 10.1 Å². The van der Waals surface area contributed by atoms with E-state index < -0.39 is 24.3 Å². The highest BCUT2D eigenvalue weighted by Crippen LogP contribution is 2.25. The molecule has 2 saturated carbocycles. The van der Waals surface area contributed by atoms with Crippen molar-refractivity contribution in [2.45, 2.75) is 38.8 Å². The Kier molecular flexibility index (Phi) is 10.8. The zero-order chi connectivity index (χ0) is 30.7. The van der Waals surface area contributed by atoms with Gasteiger partial charge in [0.15, 0.2) is 0 Å². The number of benzene rings is 1. The lowest BCUT2D eigenvalue weighted by Crippen LogP contribution is -2.43. The number of hydrogen-bond acceptors (Lipinski definition) is 11. The Morgan fingerprint density at radius 2 is 1.34 bits per heavy atom. The topological polar surface area (TPSA) is 162 Å². The lowest BCUT2D eigenvalue weighted by atomic mass is 10.1. The summed E-state index contributed by atoms with van der Waals surface area (Å²) < 4.78 is 23.7. The van der Waals surface area contributed by atoms with Gasteiger partial charge in [-0.1, -0.05) is 22.6 Å². The molecular formula is C30H29N7O7. The molecule has 3 aromatic rings. The third-order valence-electron chi connectivity index (χ3n) is 6.36. The highest BCUT2D eigenvalue weighted by Gasteiger charge is 2.24. The smallest absolute Gasteiger partial charge is 0.467 e. The molecule has 0 aliphatic heterocycles. The molecule has 44 heavy (non-hydrogen) atoms. The van der Waals surface area contributed by atoms with E-state index in [1.165, 1.54) is 19.2 Å². The van der Waals surface area contributed by atoms with Crippen molar-refractivity contribution in [2.24, 2.45) is 0 Å². The molecule has 1 N–H and O–H groups in total. The maximum absolute atomic E-state index is 12.4. The largest absolute Gasteiger partial charge is 0.514 e. The van der Waals surface area contributed by atoms with Crippen LogP contribution in [0.5, 0.6) is 5.75 Å². The molecule has 2 fully saturated rings. The van der Waals surface area contributed by atoms with Crippen molar-refractivity contribution < 1.29 is 33.3 Å². The number of amides is 1. The van der Waals surface area contributed by atoms with Crippen molar-refractivity contribution in [3.05, 3.63) is 117 Å². The van der Waals surface area contributed by atoms with Gasteiger partial charge in [0.1, 0.15) is 36.4 Å².